The molecule has 0 saturated heterocycles. The summed E-state index contributed by atoms with van der Waals surface area (Å²) in [5.74, 6) is 5.51. The third-order valence-corrected chi connectivity index (χ3v) is 9.81. The lowest BCUT2D eigenvalue weighted by molar-refractivity contribution is 0.458. The molecule has 0 aliphatic carbocycles. The van der Waals surface area contributed by atoms with Crippen molar-refractivity contribution in [3.8, 4) is 0 Å². The van der Waals surface area contributed by atoms with Gasteiger partial charge in [-0.05, 0) is 0 Å². The molecule has 1 unspecified atom stereocenters. The second-order valence-corrected chi connectivity index (χ2v) is 11.8. The number of rotatable bonds is 0. The molecule has 1 N–H and O–H groups in total. The number of aliphatic imine (C=N–C) groups is 5. The molecule has 5 aliphatic heterocycles. The van der Waals surface area contributed by atoms with Gasteiger partial charge in [0.15, 0.2) is 17.5 Å². The van der Waals surface area contributed by atoms with E-state index in [1.54, 1.807) is 0 Å². The SMILES string of the molecule is c1ccc2c(c1)C1=N/C2=N\c2c3ccccc3c3[n]2[Al][N]2C(=N1)c1ccccc1C2NC1=N/C(=N\3)c2ccccc21. The molecule has 0 fully saturated rings. The van der Waals surface area contributed by atoms with Crippen LogP contribution in [-0.4, -0.2) is 52.3 Å². The Balaban J connectivity index is 1.37. The van der Waals surface area contributed by atoms with Crippen molar-refractivity contribution in [1.29, 1.82) is 0 Å². The molecule has 0 saturated carbocycles. The highest BCUT2D eigenvalue weighted by molar-refractivity contribution is 6.43. The van der Waals surface area contributed by atoms with Gasteiger partial charge < -0.3 is 12.8 Å². The minimum atomic E-state index is -0.571. The number of nitrogens with zero attached hydrogens (tertiary/aromatic N) is 7. The fraction of sp³-hybridized carbons (Fsp3) is 0.0312. The van der Waals surface area contributed by atoms with E-state index >= 15 is 0 Å². The minimum absolute atomic E-state index is 0.171. The summed E-state index contributed by atoms with van der Waals surface area (Å²) in [5.41, 5.74) is 6.31. The summed E-state index contributed by atoms with van der Waals surface area (Å²) in [7, 11) is 0. The van der Waals surface area contributed by atoms with E-state index in [2.05, 4.69) is 91.6 Å². The van der Waals surface area contributed by atoms with Crippen molar-refractivity contribution < 1.29 is 0 Å². The maximum absolute atomic E-state index is 5.28. The number of nitrogens with one attached hydrogen (secondary N) is 1. The van der Waals surface area contributed by atoms with Crippen molar-refractivity contribution in [2.45, 2.75) is 6.17 Å². The molecule has 5 aliphatic rings. The maximum atomic E-state index is 5.28. The van der Waals surface area contributed by atoms with Crippen LogP contribution in [0.3, 0.4) is 0 Å². The van der Waals surface area contributed by atoms with Gasteiger partial charge in [0, 0.05) is 44.2 Å². The van der Waals surface area contributed by atoms with Crippen LogP contribution in [-0.2, 0) is 0 Å². The van der Waals surface area contributed by atoms with E-state index < -0.39 is 15.7 Å². The third kappa shape index (κ3) is 2.86. The molecule has 6 heterocycles. The summed E-state index contributed by atoms with van der Waals surface area (Å²) in [6.07, 6.45) is -0.171. The predicted octanol–water partition coefficient (Wildman–Crippen LogP) is 5.08. The molecule has 4 aromatic carbocycles. The summed E-state index contributed by atoms with van der Waals surface area (Å²) < 4.78 is 4.66. The monoisotopic (exact) mass is 541 g/mol. The Kier molecular flexibility index (Phi) is 4.11. The first kappa shape index (κ1) is 21.7. The minimum Gasteiger partial charge on any atom is -0.412 e. The number of benzene rings is 4. The summed E-state index contributed by atoms with van der Waals surface area (Å²) in [6, 6.07) is 33.4. The zero-order chi connectivity index (χ0) is 26.7. The fourth-order valence-electron chi connectivity index (χ4n) is 6.43. The van der Waals surface area contributed by atoms with Crippen molar-refractivity contribution >= 4 is 67.2 Å². The van der Waals surface area contributed by atoms with E-state index in [-0.39, 0.29) is 6.17 Å². The van der Waals surface area contributed by atoms with Gasteiger partial charge in [0.25, 0.3) is 0 Å². The second-order valence-electron chi connectivity index (χ2n) is 10.5. The molecule has 1 aromatic heterocycles. The van der Waals surface area contributed by atoms with E-state index in [9.17, 15) is 0 Å². The van der Waals surface area contributed by atoms with Gasteiger partial charge in [0.05, 0.1) is 0 Å². The smallest absolute Gasteiger partial charge is 0.412 e. The van der Waals surface area contributed by atoms with Gasteiger partial charge in [0.1, 0.15) is 29.5 Å². The topological polar surface area (TPSA) is 82.0 Å². The molecule has 10 rings (SSSR count). The van der Waals surface area contributed by atoms with Crippen LogP contribution in [0.4, 0.5) is 11.6 Å². The molecule has 5 aromatic rings. The number of aromatic nitrogens is 1. The summed E-state index contributed by atoms with van der Waals surface area (Å²) in [6.45, 7) is 0. The zero-order valence-electron chi connectivity index (χ0n) is 21.5. The van der Waals surface area contributed by atoms with Crippen molar-refractivity contribution in [1.82, 2.24) is 12.8 Å². The van der Waals surface area contributed by atoms with Crippen molar-refractivity contribution in [2.24, 2.45) is 25.0 Å². The van der Waals surface area contributed by atoms with Crippen LogP contribution in [0, 0.1) is 0 Å². The van der Waals surface area contributed by atoms with Crippen LogP contribution >= 0.6 is 0 Å². The number of hydrogen-bond donors (Lipinski definition) is 1. The van der Waals surface area contributed by atoms with E-state index in [4.69, 9.17) is 25.0 Å². The molecule has 189 valence electrons. The summed E-state index contributed by atoms with van der Waals surface area (Å²) >= 11 is -0.571. The highest BCUT2D eigenvalue weighted by atomic mass is 27.1. The highest BCUT2D eigenvalue weighted by Crippen LogP contribution is 2.42. The largest absolute Gasteiger partial charge is 0.564 e. The van der Waals surface area contributed by atoms with E-state index in [0.29, 0.717) is 17.5 Å². The average molecular weight is 542 g/mol. The lowest BCUT2D eigenvalue weighted by Crippen LogP contribution is -2.44. The molecular formula is C32H18AlN8. The van der Waals surface area contributed by atoms with Gasteiger partial charge in [-0.2, -0.15) is 0 Å². The third-order valence-electron chi connectivity index (χ3n) is 8.29. The standard InChI is InChI=1S/C32H18N8.Al/c1-2-10-18-17(9-1)25-33-26(18)38-28-21-13-5-6-14-22(21)30(35-28)40-32-24-16-8-7-15-23(24)31(36-32)39-29-20-12-4-3-11-19(20)27(34-29)37-25;/h1-16,25H,(H-,33,34,35,37,38,39,40);/q-2;+2. The molecule has 41 heavy (non-hydrogen) atoms. The van der Waals surface area contributed by atoms with Crippen LogP contribution in [0.25, 0.3) is 10.8 Å². The lowest BCUT2D eigenvalue weighted by atomic mass is 10.1. The van der Waals surface area contributed by atoms with Crippen LogP contribution in [0.15, 0.2) is 122 Å². The number of amidine groups is 5. The first-order valence-corrected chi connectivity index (χ1v) is 14.6. The van der Waals surface area contributed by atoms with E-state index in [0.717, 1.165) is 67.5 Å². The Morgan fingerprint density at radius 1 is 0.537 bits per heavy atom. The molecular weight excluding hydrogens is 523 g/mol. The predicted molar refractivity (Wildman–Crippen MR) is 162 cm³/mol. The Labute approximate surface area is 241 Å². The van der Waals surface area contributed by atoms with Crippen LogP contribution in [0.1, 0.15) is 39.5 Å². The molecule has 0 amide bonds. The molecule has 0 spiro atoms. The normalized spacial score (nSPS) is 21.1. The quantitative estimate of drug-likeness (QED) is 0.278. The van der Waals surface area contributed by atoms with Crippen LogP contribution < -0.4 is 5.32 Å². The van der Waals surface area contributed by atoms with E-state index in [1.165, 1.54) is 0 Å². The Morgan fingerprint density at radius 3 is 1.78 bits per heavy atom. The van der Waals surface area contributed by atoms with Crippen molar-refractivity contribution in [3.63, 3.8) is 0 Å². The van der Waals surface area contributed by atoms with E-state index in [1.807, 2.05) is 18.2 Å². The number of hydrogen-bond acceptors (Lipinski definition) is 7. The molecule has 9 heteroatoms. The maximum Gasteiger partial charge on any atom is 0.564 e. The lowest BCUT2D eigenvalue weighted by Gasteiger charge is -2.30. The molecule has 1 atom stereocenters. The summed E-state index contributed by atoms with van der Waals surface area (Å²) in [5, 5.41) is 5.90. The molecule has 6 bridgehead atoms. The second kappa shape index (κ2) is 7.76. The number of fused-ring (bicyclic) bond motifs is 14. The van der Waals surface area contributed by atoms with Crippen molar-refractivity contribution in [3.05, 3.63) is 130 Å². The average Bonchev–Trinajstić information content (AvgIpc) is 3.72. The molecule has 8 nitrogen and oxygen atoms in total. The van der Waals surface area contributed by atoms with Crippen molar-refractivity contribution in [2.75, 3.05) is 0 Å². The first-order chi connectivity index (χ1) is 20.3. The molecule has 1 radical (unpaired) electrons. The highest BCUT2D eigenvalue weighted by Gasteiger charge is 2.41. The van der Waals surface area contributed by atoms with Gasteiger partial charge in [-0.1, -0.05) is 97.1 Å². The Bertz CT molecular complexity index is 2180. The Morgan fingerprint density at radius 2 is 1.07 bits per heavy atom. The van der Waals surface area contributed by atoms with Gasteiger partial charge in [0.2, 0.25) is 0 Å². The zero-order valence-corrected chi connectivity index (χ0v) is 22.7. The first-order valence-electron chi connectivity index (χ1n) is 13.6. The van der Waals surface area contributed by atoms with Crippen LogP contribution in [0.2, 0.25) is 0 Å². The Hall–Kier alpha value is -5.10. The fourth-order valence-corrected chi connectivity index (χ4v) is 7.97. The van der Waals surface area contributed by atoms with Gasteiger partial charge in [-0.25, -0.2) is 25.0 Å². The summed E-state index contributed by atoms with van der Waals surface area (Å²) in [4.78, 5) is 25.9. The van der Waals surface area contributed by atoms with Gasteiger partial charge >= 0.3 is 15.7 Å². The van der Waals surface area contributed by atoms with Gasteiger partial charge in [-0.15, -0.1) is 0 Å². The van der Waals surface area contributed by atoms with Crippen LogP contribution in [0.5, 0.6) is 0 Å². The van der Waals surface area contributed by atoms with Gasteiger partial charge in [-0.3, -0.25) is 0 Å².